The quantitative estimate of drug-likeness (QED) is 0.557. The van der Waals surface area contributed by atoms with Gasteiger partial charge in [0.2, 0.25) is 0 Å². The molecule has 0 aromatic rings. The normalized spacial score (nSPS) is 11.3. The summed E-state index contributed by atoms with van der Waals surface area (Å²) in [7, 11) is 0. The predicted octanol–water partition coefficient (Wildman–Crippen LogP) is 0.467. The minimum absolute atomic E-state index is 0.284. The first-order chi connectivity index (χ1) is 4.16. The van der Waals surface area contributed by atoms with Gasteiger partial charge in [0.1, 0.15) is 0 Å². The average molecular weight is 140 g/mol. The molecule has 0 fully saturated rings. The van der Waals surface area contributed by atoms with E-state index < -0.39 is 13.0 Å². The number of hydrazine groups is 1. The van der Waals surface area contributed by atoms with E-state index in [9.17, 15) is 8.78 Å². The number of halogens is 2. The number of alkyl halides is 2. The van der Waals surface area contributed by atoms with E-state index in [4.69, 9.17) is 5.21 Å². The second-order valence-electron chi connectivity index (χ2n) is 1.47. The second-order valence-corrected chi connectivity index (χ2v) is 1.47. The molecule has 0 aromatic heterocycles. The minimum Gasteiger partial charge on any atom is -0.299 e. The lowest BCUT2D eigenvalue weighted by molar-refractivity contribution is -0.139. The smallest absolute Gasteiger partial charge is 0.252 e. The molecule has 0 aromatic carbocycles. The third-order valence-electron chi connectivity index (χ3n) is 0.728. The zero-order valence-corrected chi connectivity index (χ0v) is 5.14. The van der Waals surface area contributed by atoms with Gasteiger partial charge in [-0.2, -0.15) is 0 Å². The SMILES string of the molecule is CCN(O)NCC(F)F. The molecule has 0 heterocycles. The molecule has 2 N–H and O–H groups in total. The minimum atomic E-state index is -2.42. The molecular formula is C4H10F2N2O. The Hall–Kier alpha value is -0.260. The van der Waals surface area contributed by atoms with E-state index in [1.807, 2.05) is 0 Å². The molecule has 0 amide bonds. The summed E-state index contributed by atoms with van der Waals surface area (Å²) < 4.78 is 22.7. The zero-order chi connectivity index (χ0) is 7.28. The van der Waals surface area contributed by atoms with Crippen LogP contribution in [-0.4, -0.2) is 29.9 Å². The van der Waals surface area contributed by atoms with Gasteiger partial charge in [-0.25, -0.2) is 14.2 Å². The highest BCUT2D eigenvalue weighted by molar-refractivity contribution is 4.39. The highest BCUT2D eigenvalue weighted by Crippen LogP contribution is 1.87. The van der Waals surface area contributed by atoms with Gasteiger partial charge in [0.15, 0.2) is 0 Å². The first-order valence-corrected chi connectivity index (χ1v) is 2.65. The van der Waals surface area contributed by atoms with Crippen molar-refractivity contribution in [3.05, 3.63) is 0 Å². The summed E-state index contributed by atoms with van der Waals surface area (Å²) in [6, 6.07) is 0. The van der Waals surface area contributed by atoms with Crippen LogP contribution in [0.1, 0.15) is 6.92 Å². The monoisotopic (exact) mass is 140 g/mol. The van der Waals surface area contributed by atoms with Crippen molar-refractivity contribution in [2.75, 3.05) is 13.1 Å². The van der Waals surface area contributed by atoms with Crippen LogP contribution < -0.4 is 5.43 Å². The Balaban J connectivity index is 3.06. The summed E-state index contributed by atoms with van der Waals surface area (Å²) in [4.78, 5) is 0. The number of hydroxylamine groups is 1. The van der Waals surface area contributed by atoms with E-state index in [1.165, 1.54) is 0 Å². The van der Waals surface area contributed by atoms with Crippen LogP contribution in [0.4, 0.5) is 8.78 Å². The Morgan fingerprint density at radius 2 is 2.22 bits per heavy atom. The lowest BCUT2D eigenvalue weighted by Gasteiger charge is -2.12. The van der Waals surface area contributed by atoms with Crippen LogP contribution in [0.25, 0.3) is 0 Å². The molecule has 56 valence electrons. The first-order valence-electron chi connectivity index (χ1n) is 2.65. The fourth-order valence-corrected chi connectivity index (χ4v) is 0.286. The Morgan fingerprint density at radius 1 is 1.67 bits per heavy atom. The molecule has 0 aliphatic rings. The molecule has 0 atom stereocenters. The van der Waals surface area contributed by atoms with E-state index in [1.54, 1.807) is 6.92 Å². The second kappa shape index (κ2) is 4.60. The zero-order valence-electron chi connectivity index (χ0n) is 5.14. The maximum Gasteiger partial charge on any atom is 0.252 e. The summed E-state index contributed by atoms with van der Waals surface area (Å²) in [6.45, 7) is 1.41. The van der Waals surface area contributed by atoms with Crippen LogP contribution in [0.15, 0.2) is 0 Å². The van der Waals surface area contributed by atoms with Crippen molar-refractivity contribution in [1.82, 2.24) is 10.6 Å². The first kappa shape index (κ1) is 8.74. The van der Waals surface area contributed by atoms with E-state index in [-0.39, 0.29) is 6.54 Å². The number of hydrogen-bond acceptors (Lipinski definition) is 3. The lowest BCUT2D eigenvalue weighted by Crippen LogP contribution is -2.37. The predicted molar refractivity (Wildman–Crippen MR) is 28.2 cm³/mol. The lowest BCUT2D eigenvalue weighted by atomic mass is 10.7. The van der Waals surface area contributed by atoms with Crippen molar-refractivity contribution in [1.29, 1.82) is 0 Å². The maximum absolute atomic E-state index is 11.3. The van der Waals surface area contributed by atoms with Gasteiger partial charge in [-0.3, -0.25) is 5.21 Å². The highest BCUT2D eigenvalue weighted by atomic mass is 19.3. The van der Waals surface area contributed by atoms with Gasteiger partial charge in [-0.05, 0) is 6.92 Å². The molecule has 0 bridgehead atoms. The summed E-state index contributed by atoms with van der Waals surface area (Å²) in [5, 5.41) is 9.11. The topological polar surface area (TPSA) is 35.5 Å². The van der Waals surface area contributed by atoms with E-state index in [0.29, 0.717) is 5.17 Å². The Bertz CT molecular complexity index is 71.6. The molecule has 0 unspecified atom stereocenters. The van der Waals surface area contributed by atoms with Gasteiger partial charge in [-0.1, -0.05) is 0 Å². The summed E-state index contributed by atoms with van der Waals surface area (Å²) >= 11 is 0. The standard InChI is InChI=1S/C4H10F2N2O/c1-2-8(9)7-3-4(5)6/h4,7,9H,2-3H2,1H3. The van der Waals surface area contributed by atoms with Crippen LogP contribution in [0.2, 0.25) is 0 Å². The van der Waals surface area contributed by atoms with E-state index in [2.05, 4.69) is 5.43 Å². The van der Waals surface area contributed by atoms with Gasteiger partial charge in [0, 0.05) is 6.54 Å². The van der Waals surface area contributed by atoms with Crippen molar-refractivity contribution in [3.63, 3.8) is 0 Å². The fourth-order valence-electron chi connectivity index (χ4n) is 0.286. The van der Waals surface area contributed by atoms with Crippen molar-refractivity contribution in [2.45, 2.75) is 13.3 Å². The molecule has 5 heteroatoms. The maximum atomic E-state index is 11.3. The van der Waals surface area contributed by atoms with Crippen molar-refractivity contribution < 1.29 is 14.0 Å². The molecule has 0 saturated carbocycles. The van der Waals surface area contributed by atoms with Crippen LogP contribution in [-0.2, 0) is 0 Å². The summed E-state index contributed by atoms with van der Waals surface area (Å²) in [6.07, 6.45) is -2.42. The Labute approximate surface area is 52.2 Å². The van der Waals surface area contributed by atoms with Crippen LogP contribution in [0.3, 0.4) is 0 Å². The van der Waals surface area contributed by atoms with Crippen LogP contribution >= 0.6 is 0 Å². The molecule has 9 heavy (non-hydrogen) atoms. The summed E-state index contributed by atoms with van der Waals surface area (Å²) in [5.41, 5.74) is 2.07. The van der Waals surface area contributed by atoms with Gasteiger partial charge in [0.25, 0.3) is 6.43 Å². The number of rotatable bonds is 4. The van der Waals surface area contributed by atoms with Crippen molar-refractivity contribution in [3.8, 4) is 0 Å². The third kappa shape index (κ3) is 5.61. The molecule has 0 aliphatic heterocycles. The molecule has 0 aliphatic carbocycles. The van der Waals surface area contributed by atoms with Crippen molar-refractivity contribution >= 4 is 0 Å². The van der Waals surface area contributed by atoms with Crippen LogP contribution in [0.5, 0.6) is 0 Å². The van der Waals surface area contributed by atoms with Gasteiger partial charge >= 0.3 is 0 Å². The largest absolute Gasteiger partial charge is 0.299 e. The van der Waals surface area contributed by atoms with Gasteiger partial charge < -0.3 is 0 Å². The number of hydrogen-bond donors (Lipinski definition) is 2. The molecule has 3 nitrogen and oxygen atoms in total. The number of nitrogens with one attached hydrogen (secondary N) is 1. The Kier molecular flexibility index (Phi) is 4.47. The van der Waals surface area contributed by atoms with Crippen molar-refractivity contribution in [2.24, 2.45) is 0 Å². The van der Waals surface area contributed by atoms with Crippen LogP contribution in [0, 0.1) is 0 Å². The molecule has 0 spiro atoms. The third-order valence-corrected chi connectivity index (χ3v) is 0.728. The van der Waals surface area contributed by atoms with Gasteiger partial charge in [-0.15, -0.1) is 5.17 Å². The molecule has 0 saturated heterocycles. The van der Waals surface area contributed by atoms with E-state index >= 15 is 0 Å². The Morgan fingerprint density at radius 3 is 2.56 bits per heavy atom. The van der Waals surface area contributed by atoms with E-state index in [0.717, 1.165) is 0 Å². The summed E-state index contributed by atoms with van der Waals surface area (Å²) in [5.74, 6) is 0. The molecule has 0 radical (unpaired) electrons. The number of nitrogens with zero attached hydrogens (tertiary/aromatic N) is 1. The highest BCUT2D eigenvalue weighted by Gasteiger charge is 2.02. The fraction of sp³-hybridized carbons (Fsp3) is 1.00. The average Bonchev–Trinajstić information content (AvgIpc) is 1.83. The molecular weight excluding hydrogens is 130 g/mol. The van der Waals surface area contributed by atoms with Gasteiger partial charge in [0.05, 0.1) is 6.54 Å². The molecule has 0 rings (SSSR count).